The van der Waals surface area contributed by atoms with Gasteiger partial charge < -0.3 is 10.1 Å². The molecule has 18 heavy (non-hydrogen) atoms. The molecule has 0 radical (unpaired) electrons. The van der Waals surface area contributed by atoms with Crippen LogP contribution in [0, 0.1) is 0 Å². The third-order valence-electron chi connectivity index (χ3n) is 2.48. The summed E-state index contributed by atoms with van der Waals surface area (Å²) in [4.78, 5) is 8.67. The highest BCUT2D eigenvalue weighted by atomic mass is 32.1. The number of anilines is 1. The summed E-state index contributed by atoms with van der Waals surface area (Å²) in [5, 5.41) is 6.45. The maximum Gasteiger partial charge on any atom is 0.215 e. The van der Waals surface area contributed by atoms with Gasteiger partial charge in [0, 0.05) is 30.1 Å². The molecule has 2 aromatic heterocycles. The van der Waals surface area contributed by atoms with E-state index in [1.165, 1.54) is 0 Å². The number of aromatic nitrogens is 2. The highest BCUT2D eigenvalue weighted by Crippen LogP contribution is 2.18. The van der Waals surface area contributed by atoms with Crippen LogP contribution < -0.4 is 10.1 Å². The van der Waals surface area contributed by atoms with E-state index in [-0.39, 0.29) is 0 Å². The molecule has 0 aliphatic rings. The van der Waals surface area contributed by atoms with Gasteiger partial charge in [-0.25, -0.2) is 4.98 Å². The van der Waals surface area contributed by atoms with Gasteiger partial charge in [0.25, 0.3) is 0 Å². The monoisotopic (exact) mass is 263 g/mol. The number of ether oxygens (including phenoxy) is 1. The molecule has 1 atom stereocenters. The molecule has 4 nitrogen and oxygen atoms in total. The first-order valence-electron chi connectivity index (χ1n) is 6.02. The van der Waals surface area contributed by atoms with E-state index in [0.717, 1.165) is 17.4 Å². The van der Waals surface area contributed by atoms with Crippen LogP contribution in [0.4, 0.5) is 5.82 Å². The van der Waals surface area contributed by atoms with Crippen molar-refractivity contribution in [2.75, 3.05) is 18.5 Å². The minimum Gasteiger partial charge on any atom is -0.478 e. The molecule has 5 heteroatoms. The van der Waals surface area contributed by atoms with E-state index >= 15 is 0 Å². The molecule has 0 aromatic carbocycles. The summed E-state index contributed by atoms with van der Waals surface area (Å²) in [7, 11) is 0. The van der Waals surface area contributed by atoms with Gasteiger partial charge in [0.15, 0.2) is 0 Å². The van der Waals surface area contributed by atoms with Crippen LogP contribution in [0.5, 0.6) is 5.88 Å². The van der Waals surface area contributed by atoms with Crippen molar-refractivity contribution in [3.63, 3.8) is 0 Å². The molecule has 0 saturated carbocycles. The molecular weight excluding hydrogens is 246 g/mol. The minimum absolute atomic E-state index is 0.377. The zero-order valence-electron chi connectivity index (χ0n) is 10.6. The van der Waals surface area contributed by atoms with Gasteiger partial charge >= 0.3 is 0 Å². The summed E-state index contributed by atoms with van der Waals surface area (Å²) in [6.07, 6.45) is 1.84. The predicted molar refractivity (Wildman–Crippen MR) is 74.4 cm³/mol. The SMILES string of the molecule is CCOc1cccc(NCC(C)c2nccs2)n1. The van der Waals surface area contributed by atoms with Gasteiger partial charge in [-0.2, -0.15) is 4.98 Å². The van der Waals surface area contributed by atoms with Gasteiger partial charge in [-0.3, -0.25) is 0 Å². The molecule has 0 fully saturated rings. The summed E-state index contributed by atoms with van der Waals surface area (Å²) >= 11 is 1.68. The second-order valence-electron chi connectivity index (χ2n) is 3.95. The summed E-state index contributed by atoms with van der Waals surface area (Å²) < 4.78 is 5.36. The molecule has 0 amide bonds. The van der Waals surface area contributed by atoms with E-state index in [9.17, 15) is 0 Å². The lowest BCUT2D eigenvalue weighted by Gasteiger charge is -2.11. The first-order chi connectivity index (χ1) is 8.79. The molecule has 0 saturated heterocycles. The molecule has 2 heterocycles. The standard InChI is InChI=1S/C13H17N3OS/c1-3-17-12-6-4-5-11(16-12)15-9-10(2)13-14-7-8-18-13/h4-8,10H,3,9H2,1-2H3,(H,15,16). The number of hydrogen-bond donors (Lipinski definition) is 1. The van der Waals surface area contributed by atoms with Gasteiger partial charge in [0.1, 0.15) is 5.82 Å². The zero-order chi connectivity index (χ0) is 12.8. The summed E-state index contributed by atoms with van der Waals surface area (Å²) in [5.41, 5.74) is 0. The lowest BCUT2D eigenvalue weighted by molar-refractivity contribution is 0.327. The van der Waals surface area contributed by atoms with E-state index in [1.807, 2.05) is 36.7 Å². The van der Waals surface area contributed by atoms with Gasteiger partial charge in [0.2, 0.25) is 5.88 Å². The molecule has 96 valence electrons. The van der Waals surface area contributed by atoms with Gasteiger partial charge in [0.05, 0.1) is 11.6 Å². The van der Waals surface area contributed by atoms with Crippen molar-refractivity contribution in [1.29, 1.82) is 0 Å². The Hall–Kier alpha value is -1.62. The van der Waals surface area contributed by atoms with Crippen LogP contribution in [-0.2, 0) is 0 Å². The van der Waals surface area contributed by atoms with Crippen LogP contribution in [0.3, 0.4) is 0 Å². The van der Waals surface area contributed by atoms with Crippen molar-refractivity contribution in [3.8, 4) is 5.88 Å². The number of hydrogen-bond acceptors (Lipinski definition) is 5. The van der Waals surface area contributed by atoms with Crippen LogP contribution >= 0.6 is 11.3 Å². The largest absolute Gasteiger partial charge is 0.478 e. The lowest BCUT2D eigenvalue weighted by atomic mass is 10.2. The summed E-state index contributed by atoms with van der Waals surface area (Å²) in [5.74, 6) is 1.87. The van der Waals surface area contributed by atoms with Gasteiger partial charge in [-0.15, -0.1) is 11.3 Å². The minimum atomic E-state index is 0.377. The molecule has 1 N–H and O–H groups in total. The van der Waals surface area contributed by atoms with E-state index in [2.05, 4.69) is 22.2 Å². The predicted octanol–water partition coefficient (Wildman–Crippen LogP) is 3.15. The molecule has 2 aromatic rings. The third kappa shape index (κ3) is 3.43. The molecular formula is C13H17N3OS. The first-order valence-corrected chi connectivity index (χ1v) is 6.90. The Bertz CT molecular complexity index is 473. The Labute approximate surface area is 111 Å². The Kier molecular flexibility index (Phi) is 4.52. The van der Waals surface area contributed by atoms with E-state index < -0.39 is 0 Å². The lowest BCUT2D eigenvalue weighted by Crippen LogP contribution is -2.10. The first kappa shape index (κ1) is 12.8. The van der Waals surface area contributed by atoms with Crippen molar-refractivity contribution >= 4 is 17.2 Å². The number of nitrogens with one attached hydrogen (secondary N) is 1. The van der Waals surface area contributed by atoms with Crippen molar-refractivity contribution < 1.29 is 4.74 Å². The fraction of sp³-hybridized carbons (Fsp3) is 0.385. The molecule has 1 unspecified atom stereocenters. The van der Waals surface area contributed by atoms with Crippen molar-refractivity contribution in [3.05, 3.63) is 34.8 Å². The Morgan fingerprint density at radius 3 is 3.06 bits per heavy atom. The maximum absolute atomic E-state index is 5.36. The van der Waals surface area contributed by atoms with Gasteiger partial charge in [-0.1, -0.05) is 13.0 Å². The smallest absolute Gasteiger partial charge is 0.215 e. The normalized spacial score (nSPS) is 12.1. The van der Waals surface area contributed by atoms with E-state index in [0.29, 0.717) is 18.4 Å². The van der Waals surface area contributed by atoms with Crippen LogP contribution in [0.15, 0.2) is 29.8 Å². The summed E-state index contributed by atoms with van der Waals surface area (Å²) in [6.45, 7) is 5.55. The maximum atomic E-state index is 5.36. The third-order valence-corrected chi connectivity index (χ3v) is 3.49. The van der Waals surface area contributed by atoms with E-state index in [1.54, 1.807) is 11.3 Å². The Balaban J connectivity index is 1.91. The molecule has 0 bridgehead atoms. The second-order valence-corrected chi connectivity index (χ2v) is 4.87. The topological polar surface area (TPSA) is 47.0 Å². The Morgan fingerprint density at radius 2 is 2.33 bits per heavy atom. The van der Waals surface area contributed by atoms with Crippen LogP contribution in [-0.4, -0.2) is 23.1 Å². The number of pyridine rings is 1. The van der Waals surface area contributed by atoms with Crippen molar-refractivity contribution in [1.82, 2.24) is 9.97 Å². The fourth-order valence-corrected chi connectivity index (χ4v) is 2.26. The number of nitrogens with zero attached hydrogens (tertiary/aromatic N) is 2. The molecule has 0 spiro atoms. The molecule has 0 aliphatic heterocycles. The summed E-state index contributed by atoms with van der Waals surface area (Å²) in [6, 6.07) is 5.74. The second kappa shape index (κ2) is 6.35. The number of rotatable bonds is 6. The van der Waals surface area contributed by atoms with Crippen molar-refractivity contribution in [2.24, 2.45) is 0 Å². The van der Waals surface area contributed by atoms with Crippen LogP contribution in [0.25, 0.3) is 0 Å². The highest BCUT2D eigenvalue weighted by molar-refractivity contribution is 7.09. The van der Waals surface area contributed by atoms with Gasteiger partial charge in [-0.05, 0) is 13.0 Å². The average molecular weight is 263 g/mol. The molecule has 0 aliphatic carbocycles. The van der Waals surface area contributed by atoms with E-state index in [4.69, 9.17) is 4.74 Å². The fourth-order valence-electron chi connectivity index (χ4n) is 1.56. The van der Waals surface area contributed by atoms with Crippen LogP contribution in [0.2, 0.25) is 0 Å². The quantitative estimate of drug-likeness (QED) is 0.869. The van der Waals surface area contributed by atoms with Crippen LogP contribution in [0.1, 0.15) is 24.8 Å². The van der Waals surface area contributed by atoms with Crippen molar-refractivity contribution in [2.45, 2.75) is 19.8 Å². The average Bonchev–Trinajstić information content (AvgIpc) is 2.91. The Morgan fingerprint density at radius 1 is 1.44 bits per heavy atom. The molecule has 2 rings (SSSR count). The number of thiazole rings is 1. The highest BCUT2D eigenvalue weighted by Gasteiger charge is 2.08. The zero-order valence-corrected chi connectivity index (χ0v) is 11.4.